The van der Waals surface area contributed by atoms with E-state index in [4.69, 9.17) is 15.6 Å². The van der Waals surface area contributed by atoms with Crippen molar-refractivity contribution in [3.8, 4) is 0 Å². The second-order valence-corrected chi connectivity index (χ2v) is 4.59. The minimum absolute atomic E-state index is 0.0578. The Kier molecular flexibility index (Phi) is 10.3. The summed E-state index contributed by atoms with van der Waals surface area (Å²) in [5.41, 5.74) is 6.22. The maximum Gasteiger partial charge on any atom is 0.490 e. The van der Waals surface area contributed by atoms with Gasteiger partial charge in [0.25, 0.3) is 0 Å². The molecule has 0 aliphatic heterocycles. The number of carboxylic acids is 1. The van der Waals surface area contributed by atoms with E-state index in [0.29, 0.717) is 12.3 Å². The molecule has 0 spiro atoms. The molecule has 0 saturated carbocycles. The number of carboxylic acid groups (broad SMARTS) is 1. The molecule has 0 saturated heterocycles. The fraction of sp³-hybridized carbons (Fsp3) is 0.846. The third-order valence-corrected chi connectivity index (χ3v) is 3.50. The Labute approximate surface area is 117 Å². The maximum absolute atomic E-state index is 10.6. The smallest absolute Gasteiger partial charge is 0.475 e. The molecule has 1 unspecified atom stereocenters. The molecule has 0 heterocycles. The summed E-state index contributed by atoms with van der Waals surface area (Å²) < 4.78 is 31.7. The number of halogens is 3. The second kappa shape index (κ2) is 9.74. The number of carbonyl (C=O) groups excluding carboxylic acids is 1. The van der Waals surface area contributed by atoms with Gasteiger partial charge in [-0.05, 0) is 25.2 Å². The molecule has 4 nitrogen and oxygen atoms in total. The van der Waals surface area contributed by atoms with Crippen LogP contribution in [0.3, 0.4) is 0 Å². The third-order valence-electron chi connectivity index (χ3n) is 3.50. The van der Waals surface area contributed by atoms with E-state index >= 15 is 0 Å². The molecule has 0 aliphatic carbocycles. The molecule has 3 N–H and O–H groups in total. The average Bonchev–Trinajstić information content (AvgIpc) is 2.38. The van der Waals surface area contributed by atoms with Gasteiger partial charge in [-0.3, -0.25) is 0 Å². The number of carbonyl (C=O) groups is 2. The first kappa shape index (κ1) is 21.2. The van der Waals surface area contributed by atoms with Crippen LogP contribution in [0.4, 0.5) is 13.2 Å². The highest BCUT2D eigenvalue weighted by atomic mass is 19.4. The summed E-state index contributed by atoms with van der Waals surface area (Å²) >= 11 is 0. The van der Waals surface area contributed by atoms with Gasteiger partial charge in [0.15, 0.2) is 0 Å². The molecule has 0 aromatic heterocycles. The summed E-state index contributed by atoms with van der Waals surface area (Å²) in [7, 11) is 0. The predicted octanol–water partition coefficient (Wildman–Crippen LogP) is 3.14. The van der Waals surface area contributed by atoms with Crippen molar-refractivity contribution in [3.05, 3.63) is 0 Å². The molecule has 0 aromatic rings. The third kappa shape index (κ3) is 8.14. The number of alkyl halides is 3. The van der Waals surface area contributed by atoms with Crippen LogP contribution in [0, 0.1) is 5.92 Å². The van der Waals surface area contributed by atoms with Gasteiger partial charge < -0.3 is 15.6 Å². The van der Waals surface area contributed by atoms with E-state index in [-0.39, 0.29) is 5.54 Å². The van der Waals surface area contributed by atoms with Gasteiger partial charge in [-0.25, -0.2) is 4.79 Å². The lowest BCUT2D eigenvalue weighted by molar-refractivity contribution is -0.192. The molecule has 0 fully saturated rings. The van der Waals surface area contributed by atoms with Gasteiger partial charge in [0, 0.05) is 12.0 Å². The van der Waals surface area contributed by atoms with E-state index in [0.717, 1.165) is 32.0 Å². The van der Waals surface area contributed by atoms with Gasteiger partial charge in [-0.15, -0.1) is 0 Å². The highest BCUT2D eigenvalue weighted by molar-refractivity contribution is 5.73. The lowest BCUT2D eigenvalue weighted by Gasteiger charge is -2.35. The van der Waals surface area contributed by atoms with E-state index in [1.165, 1.54) is 0 Å². The van der Waals surface area contributed by atoms with Gasteiger partial charge in [-0.1, -0.05) is 27.2 Å². The molecular weight excluding hydrogens is 275 g/mol. The standard InChI is InChI=1S/C11H23NO.C2HF3O2/c1-4-10(8-7-9-13)11(12,5-2)6-3;3-2(4,5)1(6)7/h9-10H,4-8,12H2,1-3H3;(H,6,7). The maximum atomic E-state index is 10.6. The molecule has 0 bridgehead atoms. The Morgan fingerprint density at radius 3 is 1.85 bits per heavy atom. The Bertz CT molecular complexity index is 289. The molecule has 1 atom stereocenters. The lowest BCUT2D eigenvalue weighted by Crippen LogP contribution is -2.45. The number of hydrogen-bond acceptors (Lipinski definition) is 3. The predicted molar refractivity (Wildman–Crippen MR) is 70.3 cm³/mol. The van der Waals surface area contributed by atoms with Crippen LogP contribution >= 0.6 is 0 Å². The molecule has 120 valence electrons. The van der Waals surface area contributed by atoms with E-state index in [1.807, 2.05) is 0 Å². The fourth-order valence-electron chi connectivity index (χ4n) is 1.99. The molecule has 0 aliphatic rings. The zero-order valence-electron chi connectivity index (χ0n) is 12.2. The van der Waals surface area contributed by atoms with Gasteiger partial charge in [-0.2, -0.15) is 13.2 Å². The van der Waals surface area contributed by atoms with Gasteiger partial charge in [0.1, 0.15) is 6.29 Å². The number of nitrogens with two attached hydrogens (primary N) is 1. The monoisotopic (exact) mass is 299 g/mol. The molecule has 20 heavy (non-hydrogen) atoms. The Hall–Kier alpha value is -1.11. The number of rotatable bonds is 7. The molecule has 0 aromatic carbocycles. The molecule has 0 amide bonds. The van der Waals surface area contributed by atoms with Crippen molar-refractivity contribution in [2.24, 2.45) is 11.7 Å². The molecule has 7 heteroatoms. The Morgan fingerprint density at radius 1 is 1.25 bits per heavy atom. The number of aliphatic carboxylic acids is 1. The number of aldehydes is 1. The summed E-state index contributed by atoms with van der Waals surface area (Å²) in [6.45, 7) is 6.42. The van der Waals surface area contributed by atoms with Crippen molar-refractivity contribution in [1.29, 1.82) is 0 Å². The minimum Gasteiger partial charge on any atom is -0.475 e. The van der Waals surface area contributed by atoms with E-state index in [2.05, 4.69) is 20.8 Å². The SMILES string of the molecule is CCC(CCC=O)C(N)(CC)CC.O=C(O)C(F)(F)F. The zero-order valence-corrected chi connectivity index (χ0v) is 12.2. The summed E-state index contributed by atoms with van der Waals surface area (Å²) in [5.74, 6) is -2.26. The van der Waals surface area contributed by atoms with Crippen molar-refractivity contribution in [2.45, 2.75) is 64.6 Å². The van der Waals surface area contributed by atoms with Gasteiger partial charge in [0.05, 0.1) is 0 Å². The van der Waals surface area contributed by atoms with Crippen LogP contribution in [0.2, 0.25) is 0 Å². The van der Waals surface area contributed by atoms with E-state index < -0.39 is 12.1 Å². The first-order valence-corrected chi connectivity index (χ1v) is 6.61. The highest BCUT2D eigenvalue weighted by Crippen LogP contribution is 2.28. The van der Waals surface area contributed by atoms with Crippen molar-refractivity contribution >= 4 is 12.3 Å². The lowest BCUT2D eigenvalue weighted by atomic mass is 9.76. The quantitative estimate of drug-likeness (QED) is 0.708. The van der Waals surface area contributed by atoms with Crippen molar-refractivity contribution in [2.75, 3.05) is 0 Å². The van der Waals surface area contributed by atoms with Gasteiger partial charge >= 0.3 is 12.1 Å². The van der Waals surface area contributed by atoms with Crippen molar-refractivity contribution < 1.29 is 27.9 Å². The summed E-state index contributed by atoms with van der Waals surface area (Å²) in [5, 5.41) is 7.12. The number of hydrogen-bond donors (Lipinski definition) is 2. The first-order valence-electron chi connectivity index (χ1n) is 6.61. The molecule has 0 radical (unpaired) electrons. The summed E-state index contributed by atoms with van der Waals surface area (Å²) in [6, 6.07) is 0. The summed E-state index contributed by atoms with van der Waals surface area (Å²) in [6.07, 6.45) is 0.581. The average molecular weight is 299 g/mol. The molecule has 0 rings (SSSR count). The Morgan fingerprint density at radius 2 is 1.65 bits per heavy atom. The van der Waals surface area contributed by atoms with Crippen molar-refractivity contribution in [3.63, 3.8) is 0 Å². The largest absolute Gasteiger partial charge is 0.490 e. The van der Waals surface area contributed by atoms with E-state index in [1.54, 1.807) is 0 Å². The highest BCUT2D eigenvalue weighted by Gasteiger charge is 2.38. The topological polar surface area (TPSA) is 80.4 Å². The van der Waals surface area contributed by atoms with Crippen molar-refractivity contribution in [1.82, 2.24) is 0 Å². The second-order valence-electron chi connectivity index (χ2n) is 4.59. The molecular formula is C13H24F3NO3. The minimum atomic E-state index is -5.08. The van der Waals surface area contributed by atoms with Gasteiger partial charge in [0.2, 0.25) is 0 Å². The normalized spacial score (nSPS) is 13.2. The Balaban J connectivity index is 0. The van der Waals surface area contributed by atoms with Crippen LogP contribution in [0.1, 0.15) is 52.9 Å². The van der Waals surface area contributed by atoms with Crippen LogP contribution in [-0.2, 0) is 9.59 Å². The fourth-order valence-corrected chi connectivity index (χ4v) is 1.99. The van der Waals surface area contributed by atoms with Crippen LogP contribution in [0.15, 0.2) is 0 Å². The van der Waals surface area contributed by atoms with Crippen LogP contribution < -0.4 is 5.73 Å². The first-order chi connectivity index (χ1) is 9.08. The van der Waals surface area contributed by atoms with E-state index in [9.17, 15) is 18.0 Å². The summed E-state index contributed by atoms with van der Waals surface area (Å²) in [4.78, 5) is 19.2. The van der Waals surface area contributed by atoms with Crippen LogP contribution in [0.5, 0.6) is 0 Å². The zero-order chi connectivity index (χ0) is 16.4. The van der Waals surface area contributed by atoms with Crippen LogP contribution in [-0.4, -0.2) is 29.1 Å². The van der Waals surface area contributed by atoms with Crippen LogP contribution in [0.25, 0.3) is 0 Å².